The summed E-state index contributed by atoms with van der Waals surface area (Å²) in [5.41, 5.74) is 0. The predicted molar refractivity (Wildman–Crippen MR) is 84.6 cm³/mol. The van der Waals surface area contributed by atoms with Crippen molar-refractivity contribution in [1.82, 2.24) is 19.6 Å². The summed E-state index contributed by atoms with van der Waals surface area (Å²) in [6.07, 6.45) is 11.4. The lowest BCUT2D eigenvalue weighted by Gasteiger charge is -2.25. The molecule has 0 saturated heterocycles. The summed E-state index contributed by atoms with van der Waals surface area (Å²) in [7, 11) is 0. The van der Waals surface area contributed by atoms with Crippen LogP contribution in [-0.2, 0) is 0 Å². The lowest BCUT2D eigenvalue weighted by atomic mass is 10.3. The van der Waals surface area contributed by atoms with Crippen LogP contribution >= 0.6 is 0 Å². The van der Waals surface area contributed by atoms with Crippen molar-refractivity contribution >= 4 is 0 Å². The van der Waals surface area contributed by atoms with Crippen LogP contribution in [0.25, 0.3) is 0 Å². The van der Waals surface area contributed by atoms with Crippen molar-refractivity contribution < 1.29 is 0 Å². The normalized spacial score (nSPS) is 18.5. The van der Waals surface area contributed by atoms with E-state index in [1.54, 1.807) is 0 Å². The topological polar surface area (TPSA) is 13.0 Å². The summed E-state index contributed by atoms with van der Waals surface area (Å²) in [5.74, 6) is 0. The van der Waals surface area contributed by atoms with Gasteiger partial charge in [-0.15, -0.1) is 0 Å². The highest BCUT2D eigenvalue weighted by Crippen LogP contribution is 2.13. The summed E-state index contributed by atoms with van der Waals surface area (Å²) in [6.45, 7) is 13.4. The molecular formula is C16H30N4. The van der Waals surface area contributed by atoms with E-state index < -0.39 is 0 Å². The Bertz CT molecular complexity index is 314. The van der Waals surface area contributed by atoms with Crippen LogP contribution < -0.4 is 0 Å². The number of hydrogen-bond acceptors (Lipinski definition) is 4. The fourth-order valence-corrected chi connectivity index (χ4v) is 2.56. The molecule has 0 unspecified atom stereocenters. The van der Waals surface area contributed by atoms with Crippen LogP contribution in [0.4, 0.5) is 0 Å². The standard InChI is InChI=1S/C16H30N4/c1-15(2)19-11-9-17(13-19)7-5-6-8-18-10-12-20(14-18)16(3)4/h9-12,15-16H,5-8,13-14H2,1-4H3. The van der Waals surface area contributed by atoms with E-state index in [0.717, 1.165) is 13.3 Å². The third-order valence-electron chi connectivity index (χ3n) is 4.10. The zero-order chi connectivity index (χ0) is 14.5. The molecule has 0 aromatic rings. The average Bonchev–Trinajstić information content (AvgIpc) is 3.04. The first-order valence-electron chi connectivity index (χ1n) is 7.92. The minimum Gasteiger partial charge on any atom is -0.359 e. The largest absolute Gasteiger partial charge is 0.359 e. The Morgan fingerprint density at radius 3 is 1.40 bits per heavy atom. The lowest BCUT2D eigenvalue weighted by Crippen LogP contribution is -2.32. The van der Waals surface area contributed by atoms with E-state index in [4.69, 9.17) is 0 Å². The molecule has 0 aromatic heterocycles. The van der Waals surface area contributed by atoms with Gasteiger partial charge in [0.1, 0.15) is 0 Å². The van der Waals surface area contributed by atoms with Crippen LogP contribution in [0.2, 0.25) is 0 Å². The van der Waals surface area contributed by atoms with Gasteiger partial charge in [-0.2, -0.15) is 0 Å². The fourth-order valence-electron chi connectivity index (χ4n) is 2.56. The summed E-state index contributed by atoms with van der Waals surface area (Å²) >= 11 is 0. The molecule has 2 aliphatic rings. The Hall–Kier alpha value is -1.32. The van der Waals surface area contributed by atoms with E-state index in [1.807, 2.05) is 0 Å². The van der Waals surface area contributed by atoms with Gasteiger partial charge in [-0.1, -0.05) is 0 Å². The van der Waals surface area contributed by atoms with E-state index in [0.29, 0.717) is 12.1 Å². The number of nitrogens with zero attached hydrogens (tertiary/aromatic N) is 4. The van der Waals surface area contributed by atoms with Crippen LogP contribution in [0.3, 0.4) is 0 Å². The molecule has 0 bridgehead atoms. The second kappa shape index (κ2) is 6.91. The Morgan fingerprint density at radius 2 is 1.10 bits per heavy atom. The molecule has 0 radical (unpaired) electrons. The molecule has 4 heteroatoms. The third kappa shape index (κ3) is 4.09. The van der Waals surface area contributed by atoms with Gasteiger partial charge in [0.25, 0.3) is 0 Å². The van der Waals surface area contributed by atoms with Gasteiger partial charge < -0.3 is 19.6 Å². The summed E-state index contributed by atoms with van der Waals surface area (Å²) in [4.78, 5) is 9.59. The van der Waals surface area contributed by atoms with Gasteiger partial charge in [0.2, 0.25) is 0 Å². The molecule has 0 N–H and O–H groups in total. The van der Waals surface area contributed by atoms with Crippen LogP contribution in [0, 0.1) is 0 Å². The van der Waals surface area contributed by atoms with Crippen LogP contribution in [0.5, 0.6) is 0 Å². The van der Waals surface area contributed by atoms with E-state index >= 15 is 0 Å². The number of unbranched alkanes of at least 4 members (excludes halogenated alkanes) is 1. The minimum absolute atomic E-state index is 0.605. The highest BCUT2D eigenvalue weighted by Gasteiger charge is 2.15. The second-order valence-electron chi connectivity index (χ2n) is 6.43. The van der Waals surface area contributed by atoms with E-state index in [1.165, 1.54) is 25.9 Å². The van der Waals surface area contributed by atoms with Gasteiger partial charge >= 0.3 is 0 Å². The molecule has 114 valence electrons. The van der Waals surface area contributed by atoms with Gasteiger partial charge in [0.15, 0.2) is 0 Å². The summed E-state index contributed by atoms with van der Waals surface area (Å²) in [5, 5.41) is 0. The van der Waals surface area contributed by atoms with E-state index in [2.05, 4.69) is 72.1 Å². The molecule has 0 amide bonds. The molecule has 0 saturated carbocycles. The van der Waals surface area contributed by atoms with Crippen LogP contribution in [0.1, 0.15) is 40.5 Å². The van der Waals surface area contributed by atoms with Gasteiger partial charge in [0.05, 0.1) is 13.3 Å². The van der Waals surface area contributed by atoms with E-state index in [-0.39, 0.29) is 0 Å². The second-order valence-corrected chi connectivity index (χ2v) is 6.43. The van der Waals surface area contributed by atoms with Crippen molar-refractivity contribution in [2.75, 3.05) is 26.4 Å². The number of rotatable bonds is 7. The Morgan fingerprint density at radius 1 is 0.700 bits per heavy atom. The van der Waals surface area contributed by atoms with Crippen LogP contribution in [0.15, 0.2) is 24.8 Å². The molecule has 2 heterocycles. The summed E-state index contributed by atoms with van der Waals surface area (Å²) < 4.78 is 0. The molecule has 4 nitrogen and oxygen atoms in total. The first kappa shape index (κ1) is 15.1. The van der Waals surface area contributed by atoms with Gasteiger partial charge in [-0.05, 0) is 40.5 Å². The lowest BCUT2D eigenvalue weighted by molar-refractivity contribution is 0.215. The maximum atomic E-state index is 2.42. The Kier molecular flexibility index (Phi) is 5.21. The van der Waals surface area contributed by atoms with Gasteiger partial charge in [-0.25, -0.2) is 0 Å². The molecule has 2 rings (SSSR count). The molecule has 0 spiro atoms. The maximum absolute atomic E-state index is 2.42. The quantitative estimate of drug-likeness (QED) is 0.664. The molecule has 0 aromatic carbocycles. The predicted octanol–water partition coefficient (Wildman–Crippen LogP) is 2.68. The van der Waals surface area contributed by atoms with Crippen molar-refractivity contribution in [2.24, 2.45) is 0 Å². The van der Waals surface area contributed by atoms with Gasteiger partial charge in [0, 0.05) is 50.0 Å². The Labute approximate surface area is 124 Å². The fraction of sp³-hybridized carbons (Fsp3) is 0.750. The zero-order valence-corrected chi connectivity index (χ0v) is 13.5. The van der Waals surface area contributed by atoms with Crippen molar-refractivity contribution in [3.63, 3.8) is 0 Å². The van der Waals surface area contributed by atoms with Crippen molar-refractivity contribution in [2.45, 2.75) is 52.6 Å². The highest BCUT2D eigenvalue weighted by molar-refractivity contribution is 4.93. The first-order valence-corrected chi connectivity index (χ1v) is 7.92. The minimum atomic E-state index is 0.605. The van der Waals surface area contributed by atoms with Gasteiger partial charge in [-0.3, -0.25) is 0 Å². The molecule has 0 atom stereocenters. The third-order valence-corrected chi connectivity index (χ3v) is 4.10. The van der Waals surface area contributed by atoms with Crippen molar-refractivity contribution in [1.29, 1.82) is 0 Å². The molecule has 2 aliphatic heterocycles. The zero-order valence-electron chi connectivity index (χ0n) is 13.5. The average molecular weight is 278 g/mol. The van der Waals surface area contributed by atoms with Crippen LogP contribution in [-0.4, -0.2) is 58.1 Å². The maximum Gasteiger partial charge on any atom is 0.0896 e. The molecule has 0 fully saturated rings. The molecule has 20 heavy (non-hydrogen) atoms. The molecular weight excluding hydrogens is 248 g/mol. The SMILES string of the molecule is CC(C)N1C=CN(CCCCN2C=CN(C(C)C)C2)C1. The number of hydrogen-bond donors (Lipinski definition) is 0. The smallest absolute Gasteiger partial charge is 0.0896 e. The van der Waals surface area contributed by atoms with E-state index in [9.17, 15) is 0 Å². The first-order chi connectivity index (χ1) is 9.56. The highest BCUT2D eigenvalue weighted by atomic mass is 15.4. The monoisotopic (exact) mass is 278 g/mol. The van der Waals surface area contributed by atoms with Crippen molar-refractivity contribution in [3.8, 4) is 0 Å². The molecule has 0 aliphatic carbocycles. The summed E-state index contributed by atoms with van der Waals surface area (Å²) in [6, 6.07) is 1.21. The van der Waals surface area contributed by atoms with Crippen molar-refractivity contribution in [3.05, 3.63) is 24.8 Å². The Balaban J connectivity index is 1.55.